The zero-order chi connectivity index (χ0) is 9.52. The maximum absolute atomic E-state index is 5.48. The first-order valence-electron chi connectivity index (χ1n) is 4.92. The van der Waals surface area contributed by atoms with Gasteiger partial charge in [-0.05, 0) is 12.8 Å². The summed E-state index contributed by atoms with van der Waals surface area (Å²) >= 11 is 0. The molecule has 0 amide bonds. The molecule has 1 fully saturated rings. The summed E-state index contributed by atoms with van der Waals surface area (Å²) in [5.74, 6) is 0. The second-order valence-corrected chi connectivity index (χ2v) is 3.39. The Bertz CT molecular complexity index is 121. The van der Waals surface area contributed by atoms with Crippen LogP contribution in [0.3, 0.4) is 0 Å². The lowest BCUT2D eigenvalue weighted by Gasteiger charge is -2.15. The zero-order valence-electron chi connectivity index (χ0n) is 8.29. The fourth-order valence-corrected chi connectivity index (χ4v) is 1.47. The molecule has 1 aliphatic heterocycles. The van der Waals surface area contributed by atoms with Gasteiger partial charge in [-0.1, -0.05) is 0 Å². The second kappa shape index (κ2) is 6.32. The van der Waals surface area contributed by atoms with Crippen molar-refractivity contribution >= 4 is 0 Å². The first-order valence-corrected chi connectivity index (χ1v) is 4.92. The molecule has 0 aliphatic carbocycles. The molecule has 78 valence electrons. The highest BCUT2D eigenvalue weighted by atomic mass is 16.5. The first-order chi connectivity index (χ1) is 6.36. The van der Waals surface area contributed by atoms with Crippen LogP contribution in [-0.4, -0.2) is 45.6 Å². The Kier molecular flexibility index (Phi) is 5.31. The molecule has 0 spiro atoms. The van der Waals surface area contributed by atoms with Gasteiger partial charge in [0.1, 0.15) is 0 Å². The Balaban J connectivity index is 1.98. The molecule has 0 saturated carbocycles. The highest BCUT2D eigenvalue weighted by Crippen LogP contribution is 2.10. The Hall–Kier alpha value is -0.160. The minimum atomic E-state index is 0.126. The van der Waals surface area contributed by atoms with Gasteiger partial charge < -0.3 is 20.5 Å². The summed E-state index contributed by atoms with van der Waals surface area (Å²) in [6.07, 6.45) is 2.89. The summed E-state index contributed by atoms with van der Waals surface area (Å²) in [7, 11) is 1.69. The third kappa shape index (κ3) is 4.04. The highest BCUT2D eigenvalue weighted by Gasteiger charge is 2.15. The number of hydrogen-bond acceptors (Lipinski definition) is 4. The topological polar surface area (TPSA) is 56.5 Å². The third-order valence-corrected chi connectivity index (χ3v) is 2.36. The molecule has 1 rings (SSSR count). The van der Waals surface area contributed by atoms with Crippen LogP contribution in [0.4, 0.5) is 0 Å². The van der Waals surface area contributed by atoms with Crippen molar-refractivity contribution in [2.24, 2.45) is 5.73 Å². The number of nitrogens with two attached hydrogens (primary N) is 1. The molecule has 4 heteroatoms. The molecule has 0 radical (unpaired) electrons. The Morgan fingerprint density at radius 3 is 3.08 bits per heavy atom. The quantitative estimate of drug-likeness (QED) is 0.602. The summed E-state index contributed by atoms with van der Waals surface area (Å²) in [5, 5.41) is 3.30. The van der Waals surface area contributed by atoms with Gasteiger partial charge in [0.15, 0.2) is 0 Å². The Labute approximate surface area is 79.8 Å². The minimum Gasteiger partial charge on any atom is -0.379 e. The fraction of sp³-hybridized carbons (Fsp3) is 1.00. The van der Waals surface area contributed by atoms with Gasteiger partial charge in [-0.3, -0.25) is 0 Å². The molecule has 0 aromatic heterocycles. The fourth-order valence-electron chi connectivity index (χ4n) is 1.47. The monoisotopic (exact) mass is 188 g/mol. The van der Waals surface area contributed by atoms with Crippen LogP contribution >= 0.6 is 0 Å². The zero-order valence-corrected chi connectivity index (χ0v) is 8.29. The smallest absolute Gasteiger partial charge is 0.0817 e. The summed E-state index contributed by atoms with van der Waals surface area (Å²) in [4.78, 5) is 0. The molecule has 1 saturated heterocycles. The van der Waals surface area contributed by atoms with E-state index in [-0.39, 0.29) is 6.10 Å². The number of nitrogens with one attached hydrogen (secondary N) is 1. The van der Waals surface area contributed by atoms with Gasteiger partial charge >= 0.3 is 0 Å². The van der Waals surface area contributed by atoms with E-state index in [1.54, 1.807) is 7.11 Å². The molecular weight excluding hydrogens is 168 g/mol. The van der Waals surface area contributed by atoms with E-state index >= 15 is 0 Å². The number of hydrogen-bond donors (Lipinski definition) is 2. The molecule has 1 heterocycles. The van der Waals surface area contributed by atoms with Gasteiger partial charge in [-0.15, -0.1) is 0 Å². The van der Waals surface area contributed by atoms with E-state index in [1.807, 2.05) is 0 Å². The highest BCUT2D eigenvalue weighted by molar-refractivity contribution is 4.69. The van der Waals surface area contributed by atoms with E-state index in [0.717, 1.165) is 19.7 Å². The van der Waals surface area contributed by atoms with E-state index in [9.17, 15) is 0 Å². The largest absolute Gasteiger partial charge is 0.379 e. The lowest BCUT2D eigenvalue weighted by atomic mass is 10.2. The Morgan fingerprint density at radius 2 is 2.54 bits per heavy atom. The predicted octanol–water partition coefficient (Wildman–Crippen LogP) is -0.271. The summed E-state index contributed by atoms with van der Waals surface area (Å²) in [6.45, 7) is 3.21. The molecule has 0 bridgehead atoms. The van der Waals surface area contributed by atoms with Crippen LogP contribution < -0.4 is 11.1 Å². The number of rotatable bonds is 6. The Morgan fingerprint density at radius 1 is 1.69 bits per heavy atom. The first kappa shape index (κ1) is 10.9. The summed E-state index contributed by atoms with van der Waals surface area (Å²) in [6, 6.07) is 0. The van der Waals surface area contributed by atoms with Gasteiger partial charge in [-0.2, -0.15) is 0 Å². The van der Waals surface area contributed by atoms with Crippen molar-refractivity contribution in [1.29, 1.82) is 0 Å². The van der Waals surface area contributed by atoms with Gasteiger partial charge in [0.25, 0.3) is 0 Å². The molecule has 13 heavy (non-hydrogen) atoms. The average Bonchev–Trinajstić information content (AvgIpc) is 2.65. The van der Waals surface area contributed by atoms with E-state index in [1.165, 1.54) is 12.8 Å². The van der Waals surface area contributed by atoms with Crippen LogP contribution in [0.5, 0.6) is 0 Å². The lowest BCUT2D eigenvalue weighted by molar-refractivity contribution is 0.0892. The van der Waals surface area contributed by atoms with Gasteiger partial charge in [-0.25, -0.2) is 0 Å². The van der Waals surface area contributed by atoms with Crippen molar-refractivity contribution in [1.82, 2.24) is 5.32 Å². The number of methoxy groups -OCH3 is 1. The predicted molar refractivity (Wildman–Crippen MR) is 51.7 cm³/mol. The van der Waals surface area contributed by atoms with Crippen molar-refractivity contribution in [3.8, 4) is 0 Å². The van der Waals surface area contributed by atoms with Crippen LogP contribution in [0.2, 0.25) is 0 Å². The van der Waals surface area contributed by atoms with E-state index < -0.39 is 0 Å². The van der Waals surface area contributed by atoms with Crippen molar-refractivity contribution in [3.05, 3.63) is 0 Å². The number of ether oxygens (including phenoxy) is 2. The molecule has 2 unspecified atom stereocenters. The molecule has 4 nitrogen and oxygen atoms in total. The minimum absolute atomic E-state index is 0.126. The van der Waals surface area contributed by atoms with E-state index in [2.05, 4.69) is 5.32 Å². The molecule has 3 N–H and O–H groups in total. The van der Waals surface area contributed by atoms with Gasteiger partial charge in [0.2, 0.25) is 0 Å². The molecule has 2 atom stereocenters. The van der Waals surface area contributed by atoms with Gasteiger partial charge in [0, 0.05) is 33.4 Å². The van der Waals surface area contributed by atoms with Gasteiger partial charge in [0.05, 0.1) is 12.2 Å². The average molecular weight is 188 g/mol. The van der Waals surface area contributed by atoms with E-state index in [0.29, 0.717) is 12.6 Å². The third-order valence-electron chi connectivity index (χ3n) is 2.36. The second-order valence-electron chi connectivity index (χ2n) is 3.39. The van der Waals surface area contributed by atoms with Crippen molar-refractivity contribution in [2.45, 2.75) is 25.0 Å². The lowest BCUT2D eigenvalue weighted by Crippen LogP contribution is -2.37. The summed E-state index contributed by atoms with van der Waals surface area (Å²) < 4.78 is 10.6. The summed E-state index contributed by atoms with van der Waals surface area (Å²) in [5.41, 5.74) is 5.48. The van der Waals surface area contributed by atoms with E-state index in [4.69, 9.17) is 15.2 Å². The van der Waals surface area contributed by atoms with Crippen molar-refractivity contribution in [2.75, 3.05) is 33.4 Å². The normalized spacial score (nSPS) is 24.9. The van der Waals surface area contributed by atoms with Crippen LogP contribution in [-0.2, 0) is 9.47 Å². The molecule has 0 aromatic rings. The van der Waals surface area contributed by atoms with Crippen LogP contribution in [0.25, 0.3) is 0 Å². The molecular formula is C9H20N2O2. The molecule has 0 aromatic carbocycles. The van der Waals surface area contributed by atoms with Crippen molar-refractivity contribution < 1.29 is 9.47 Å². The maximum atomic E-state index is 5.48. The van der Waals surface area contributed by atoms with Crippen LogP contribution in [0.15, 0.2) is 0 Å². The standard InChI is InChI=1S/C9H20N2O2/c1-12-9(5-10)7-11-6-8-3-2-4-13-8/h8-9,11H,2-7,10H2,1H3. The van der Waals surface area contributed by atoms with Crippen LogP contribution in [0, 0.1) is 0 Å². The van der Waals surface area contributed by atoms with Crippen LogP contribution in [0.1, 0.15) is 12.8 Å². The SMILES string of the molecule is COC(CN)CNCC1CCCO1. The maximum Gasteiger partial charge on any atom is 0.0817 e. The van der Waals surface area contributed by atoms with Crippen molar-refractivity contribution in [3.63, 3.8) is 0 Å². The molecule has 1 aliphatic rings.